The van der Waals surface area contributed by atoms with E-state index in [4.69, 9.17) is 0 Å². The number of thioether (sulfide) groups is 1. The van der Waals surface area contributed by atoms with Crippen LogP contribution in [0.15, 0.2) is 82.9 Å². The van der Waals surface area contributed by atoms with Gasteiger partial charge in [0.15, 0.2) is 0 Å². The number of hydrogen-bond donors (Lipinski definition) is 2. The molecule has 0 amide bonds. The third kappa shape index (κ3) is 16.4. The van der Waals surface area contributed by atoms with Gasteiger partial charge in [-0.2, -0.15) is 11.8 Å². The highest BCUT2D eigenvalue weighted by molar-refractivity contribution is 7.99. The lowest BCUT2D eigenvalue weighted by atomic mass is 9.89. The number of fused-ring (bicyclic) bond motifs is 18. The molecule has 2 atom stereocenters. The smallest absolute Gasteiger partial charge is 0.275 e. The summed E-state index contributed by atoms with van der Waals surface area (Å²) in [7, 11) is 0. The molecule has 6 aromatic rings. The van der Waals surface area contributed by atoms with Crippen molar-refractivity contribution in [3.05, 3.63) is 122 Å². The largest absolute Gasteiger partial charge is 0.365 e. The Balaban J connectivity index is 0.000000191. The average Bonchev–Trinajstić information content (AvgIpc) is 2.52. The van der Waals surface area contributed by atoms with E-state index in [9.17, 15) is 9.59 Å². The Morgan fingerprint density at radius 1 is 0.528 bits per heavy atom. The Morgan fingerprint density at radius 2 is 0.989 bits per heavy atom. The Morgan fingerprint density at radius 3 is 1.47 bits per heavy atom. The van der Waals surface area contributed by atoms with E-state index in [1.807, 2.05) is 72.9 Å². The van der Waals surface area contributed by atoms with E-state index in [2.05, 4.69) is 64.0 Å². The summed E-state index contributed by atoms with van der Waals surface area (Å²) in [5, 5.41) is 8.59. The van der Waals surface area contributed by atoms with Crippen molar-refractivity contribution in [2.45, 2.75) is 193 Å². The predicted molar refractivity (Wildman–Crippen MR) is 356 cm³/mol. The second-order valence-electron chi connectivity index (χ2n) is 26.1. The van der Waals surface area contributed by atoms with Crippen LogP contribution in [0.4, 0.5) is 34.9 Å². The number of hydrogen-bond acceptors (Lipinski definition) is 13. The summed E-state index contributed by atoms with van der Waals surface area (Å²) >= 11 is 1.91. The molecule has 8 aliphatic heterocycles. The van der Waals surface area contributed by atoms with E-state index in [0.717, 1.165) is 181 Å². The molecule has 484 valence electrons. The number of nitrogens with zero attached hydrogens (tertiary/aromatic N) is 10. The zero-order valence-electron chi connectivity index (χ0n) is 53.8. The highest BCUT2D eigenvalue weighted by atomic mass is 32.2. The zero-order chi connectivity index (χ0) is 62.7. The number of halogens is 4. The monoisotopic (exact) mass is 1250 g/mol. The topological polar surface area (TPSA) is 133 Å². The van der Waals surface area contributed by atoms with Gasteiger partial charge in [-0.05, 0) is 210 Å². The van der Waals surface area contributed by atoms with Crippen LogP contribution in [0.3, 0.4) is 0 Å². The summed E-state index contributed by atoms with van der Waals surface area (Å²) in [5.74, 6) is -1.62. The van der Waals surface area contributed by atoms with Gasteiger partial charge in [-0.3, -0.25) is 18.7 Å². The van der Waals surface area contributed by atoms with Crippen LogP contribution in [-0.2, 0) is 24.9 Å². The molecule has 89 heavy (non-hydrogen) atoms. The molecule has 2 aromatic carbocycles. The van der Waals surface area contributed by atoms with Gasteiger partial charge in [0.05, 0.1) is 10.8 Å². The average molecular weight is 1250 g/mol. The Bertz CT molecular complexity index is 3390. The summed E-state index contributed by atoms with van der Waals surface area (Å²) in [5.41, 5.74) is 4.58. The van der Waals surface area contributed by atoms with Crippen molar-refractivity contribution in [2.75, 3.05) is 92.5 Å². The molecular weight excluding hydrogens is 1150 g/mol. The van der Waals surface area contributed by atoms with Crippen molar-refractivity contribution >= 4 is 51.2 Å². The van der Waals surface area contributed by atoms with E-state index in [0.29, 0.717) is 72.4 Å². The maximum absolute atomic E-state index is 15.5. The lowest BCUT2D eigenvalue weighted by Gasteiger charge is -2.34. The molecular formula is C70H98F4N12O2S. The van der Waals surface area contributed by atoms with Crippen molar-refractivity contribution in [1.29, 1.82) is 0 Å². The van der Waals surface area contributed by atoms with Crippen molar-refractivity contribution in [3.63, 3.8) is 0 Å². The molecule has 14 rings (SSSR count). The highest BCUT2D eigenvalue weighted by Crippen LogP contribution is 2.40. The van der Waals surface area contributed by atoms with Crippen LogP contribution in [-0.4, -0.2) is 127 Å². The van der Waals surface area contributed by atoms with Crippen LogP contribution in [0.1, 0.15) is 190 Å². The number of aromatic nitrogens is 6. The fourth-order valence-corrected chi connectivity index (χ4v) is 15.2. The van der Waals surface area contributed by atoms with Crippen LogP contribution in [0.5, 0.6) is 0 Å². The fraction of sp³-hybridized carbons (Fsp3) is 0.629. The van der Waals surface area contributed by atoms with Gasteiger partial charge in [0.2, 0.25) is 0 Å². The van der Waals surface area contributed by atoms with Crippen LogP contribution in [0.25, 0.3) is 22.1 Å². The summed E-state index contributed by atoms with van der Waals surface area (Å²) in [4.78, 5) is 56.0. The molecule has 19 heteroatoms. The van der Waals surface area contributed by atoms with E-state index < -0.39 is 11.8 Å². The first kappa shape index (κ1) is 66.3. The van der Waals surface area contributed by atoms with Crippen molar-refractivity contribution in [2.24, 2.45) is 11.8 Å². The molecule has 2 N–H and O–H groups in total. The van der Waals surface area contributed by atoms with E-state index in [1.54, 1.807) is 36.4 Å². The van der Waals surface area contributed by atoms with Crippen LogP contribution in [0, 0.1) is 11.8 Å². The molecule has 14 nitrogen and oxygen atoms in total. The maximum Gasteiger partial charge on any atom is 0.275 e. The van der Waals surface area contributed by atoms with Gasteiger partial charge in [-0.25, -0.2) is 37.5 Å². The number of likely N-dealkylation sites (tertiary alicyclic amines) is 1. The maximum atomic E-state index is 15.5. The third-order valence-electron chi connectivity index (χ3n) is 20.0. The summed E-state index contributed by atoms with van der Waals surface area (Å²) in [6, 6.07) is 17.6. The molecule has 4 fully saturated rings. The molecule has 4 aromatic heterocycles. The summed E-state index contributed by atoms with van der Waals surface area (Å²) in [6.07, 6.45) is 15.7. The second kappa shape index (κ2) is 30.7. The van der Waals surface area contributed by atoms with Crippen molar-refractivity contribution in [3.8, 4) is 0 Å². The van der Waals surface area contributed by atoms with Crippen LogP contribution < -0.4 is 26.7 Å². The number of pyridine rings is 2. The van der Waals surface area contributed by atoms with Gasteiger partial charge in [0.25, 0.3) is 23.0 Å². The molecule has 12 heterocycles. The van der Waals surface area contributed by atoms with Crippen molar-refractivity contribution in [1.82, 2.24) is 43.8 Å². The standard InChI is InChI=1S/C36H50F2N6O.C32H42F2N6OS.C2H6/c1-25(2)43-20-13-28(14-21-43)31-23-32-33-39-24-40-34(32)44(35(31)45)17-6-4-5-16-42-18-11-27(12-19-42)10-15-36(37,38)30-9-7-8-29(22-30)26(3)41-33;1-23-25-6-5-7-26(20-25)32(33,34)11-8-24-9-14-38(15-10-24)12-3-2-4-13-40-30-27(29(37-23)35-22-36-30)21-28(31(40)41)39-16-18-42-19-17-39;1-2/h7-9,22-28H,4-6,10-21H2,1-3H3,(H,39,40,41);5-7,20-24H,2-4,8-19H2,1H3,(H,35,36,37);1-2H3/t26-;23-;/m11./s1. The molecule has 0 spiro atoms. The Hall–Kier alpha value is -5.63. The quantitative estimate of drug-likeness (QED) is 0.163. The number of alkyl halides is 4. The first-order valence-corrected chi connectivity index (χ1v) is 35.0. The fourth-order valence-electron chi connectivity index (χ4n) is 14.3. The molecule has 0 saturated carbocycles. The molecule has 0 radical (unpaired) electrons. The summed E-state index contributed by atoms with van der Waals surface area (Å²) in [6.45, 7) is 23.2. The lowest BCUT2D eigenvalue weighted by molar-refractivity contribution is -0.0222. The third-order valence-corrected chi connectivity index (χ3v) is 21.0. The van der Waals surface area contributed by atoms with E-state index in [-0.39, 0.29) is 53.1 Å². The predicted octanol–water partition coefficient (Wildman–Crippen LogP) is 14.6. The van der Waals surface area contributed by atoms with Gasteiger partial charge >= 0.3 is 0 Å². The number of piperidine rings is 3. The zero-order valence-corrected chi connectivity index (χ0v) is 54.6. The molecule has 0 aliphatic carbocycles. The first-order chi connectivity index (χ1) is 43.1. The van der Waals surface area contributed by atoms with Gasteiger partial charge in [0.1, 0.15) is 41.3 Å². The molecule has 0 unspecified atom stereocenters. The number of benzene rings is 2. The number of nitrogens with one attached hydrogen (secondary N) is 2. The highest BCUT2D eigenvalue weighted by Gasteiger charge is 2.36. The van der Waals surface area contributed by atoms with Crippen molar-refractivity contribution < 1.29 is 17.6 Å². The summed E-state index contributed by atoms with van der Waals surface area (Å²) < 4.78 is 65.7. The first-order valence-electron chi connectivity index (χ1n) is 33.9. The van der Waals surface area contributed by atoms with E-state index >= 15 is 17.6 Å². The molecule has 8 aliphatic rings. The van der Waals surface area contributed by atoms with Gasteiger partial charge < -0.3 is 30.2 Å². The Kier molecular flexibility index (Phi) is 22.8. The minimum absolute atomic E-state index is 0.00231. The second-order valence-corrected chi connectivity index (χ2v) is 27.4. The van der Waals surface area contributed by atoms with E-state index in [1.165, 1.54) is 12.7 Å². The van der Waals surface area contributed by atoms with Crippen LogP contribution in [0.2, 0.25) is 0 Å². The molecule has 4 saturated heterocycles. The SMILES string of the molecule is CC.CC(C)N1CCC(c2cc3c4ncnc3n(c2=O)CCCCCN2CCC(CC2)CCC(F)(F)c2cccc(c2)[C@@H](C)N4)CC1.C[C@H]1Nc2ncnc3c2cc(N2CCSCC2)c(=O)n3CCCCCN2CCC(CC2)CCC(F)(F)c2cccc1c2. The lowest BCUT2D eigenvalue weighted by Crippen LogP contribution is -2.39. The van der Waals surface area contributed by atoms with Gasteiger partial charge in [0, 0.05) is 85.3 Å². The molecule has 16 bridgehead atoms. The van der Waals surface area contributed by atoms with Gasteiger partial charge in [-0.1, -0.05) is 63.1 Å². The minimum atomic E-state index is -2.87. The number of aryl methyl sites for hydroxylation is 2. The minimum Gasteiger partial charge on any atom is -0.365 e. The van der Waals surface area contributed by atoms with Gasteiger partial charge in [-0.15, -0.1) is 0 Å². The van der Waals surface area contributed by atoms with Crippen LogP contribution >= 0.6 is 11.8 Å². The Labute approximate surface area is 529 Å². The number of anilines is 3. The number of rotatable bonds is 3. The normalized spacial score (nSPS) is 25.1.